The highest BCUT2D eigenvalue weighted by Gasteiger charge is 2.33. The van der Waals surface area contributed by atoms with Gasteiger partial charge >= 0.3 is 11.9 Å². The van der Waals surface area contributed by atoms with E-state index < -0.39 is 29.6 Å². The van der Waals surface area contributed by atoms with Crippen LogP contribution in [0.15, 0.2) is 30.3 Å². The first-order chi connectivity index (χ1) is 11.7. The van der Waals surface area contributed by atoms with E-state index in [0.29, 0.717) is 11.1 Å². The number of ether oxygens (including phenoxy) is 2. The Morgan fingerprint density at radius 1 is 1.24 bits per heavy atom. The standard InChI is InChI=1S/C18H21NO6/c1-18(2,3)25-14(21)8-9-19-17(23)16-13(10-15(22)24-16)11-4-6-12(20)7-5-11/h4-7,10,16,20H,8-9H2,1-3H3,(H,19,23). The van der Waals surface area contributed by atoms with Gasteiger partial charge < -0.3 is 19.9 Å². The fourth-order valence-corrected chi connectivity index (χ4v) is 2.27. The molecule has 7 heteroatoms. The second kappa shape index (κ2) is 7.38. The van der Waals surface area contributed by atoms with Crippen LogP contribution in [0.4, 0.5) is 0 Å². The third-order valence-electron chi connectivity index (χ3n) is 3.28. The summed E-state index contributed by atoms with van der Waals surface area (Å²) >= 11 is 0. The van der Waals surface area contributed by atoms with Gasteiger partial charge in [-0.15, -0.1) is 0 Å². The lowest BCUT2D eigenvalue weighted by molar-refractivity contribution is -0.155. The SMILES string of the molecule is CC(C)(C)OC(=O)CCNC(=O)C1OC(=O)C=C1c1ccc(O)cc1. The number of aromatic hydroxyl groups is 1. The van der Waals surface area contributed by atoms with Crippen LogP contribution in [0.5, 0.6) is 5.75 Å². The number of rotatable bonds is 5. The van der Waals surface area contributed by atoms with Gasteiger partial charge in [0, 0.05) is 18.2 Å². The normalized spacial score (nSPS) is 16.8. The first-order valence-corrected chi connectivity index (χ1v) is 7.87. The highest BCUT2D eigenvalue weighted by atomic mass is 16.6. The van der Waals surface area contributed by atoms with Gasteiger partial charge in [0.1, 0.15) is 11.4 Å². The molecule has 0 aromatic heterocycles. The Morgan fingerprint density at radius 3 is 2.48 bits per heavy atom. The maximum absolute atomic E-state index is 12.3. The number of esters is 2. The molecule has 0 bridgehead atoms. The molecule has 1 aromatic carbocycles. The Kier molecular flexibility index (Phi) is 5.46. The van der Waals surface area contributed by atoms with E-state index in [0.717, 1.165) is 0 Å². The fraction of sp³-hybridized carbons (Fsp3) is 0.389. The average molecular weight is 347 g/mol. The lowest BCUT2D eigenvalue weighted by Crippen LogP contribution is -2.37. The summed E-state index contributed by atoms with van der Waals surface area (Å²) in [5.74, 6) is -1.48. The van der Waals surface area contributed by atoms with Crippen LogP contribution in [0.1, 0.15) is 32.8 Å². The predicted octanol–water partition coefficient (Wildman–Crippen LogP) is 1.55. The molecule has 134 valence electrons. The molecule has 1 atom stereocenters. The molecule has 25 heavy (non-hydrogen) atoms. The summed E-state index contributed by atoms with van der Waals surface area (Å²) < 4.78 is 10.2. The molecule has 0 saturated heterocycles. The maximum Gasteiger partial charge on any atom is 0.332 e. The van der Waals surface area contributed by atoms with Crippen LogP contribution in [-0.4, -0.2) is 41.2 Å². The van der Waals surface area contributed by atoms with Crippen molar-refractivity contribution in [3.05, 3.63) is 35.9 Å². The van der Waals surface area contributed by atoms with Crippen LogP contribution < -0.4 is 5.32 Å². The van der Waals surface area contributed by atoms with Crippen LogP contribution in [0, 0.1) is 0 Å². The summed E-state index contributed by atoms with van der Waals surface area (Å²) in [6.45, 7) is 5.35. The van der Waals surface area contributed by atoms with Crippen molar-refractivity contribution in [2.75, 3.05) is 6.54 Å². The highest BCUT2D eigenvalue weighted by molar-refractivity contribution is 6.06. The Hall–Kier alpha value is -2.83. The molecule has 0 radical (unpaired) electrons. The Bertz CT molecular complexity index is 699. The van der Waals surface area contributed by atoms with Gasteiger partial charge in [0.25, 0.3) is 5.91 Å². The molecule has 0 spiro atoms. The summed E-state index contributed by atoms with van der Waals surface area (Å²) in [6.07, 6.45) is 0.169. The van der Waals surface area contributed by atoms with Crippen molar-refractivity contribution in [1.82, 2.24) is 5.32 Å². The summed E-state index contributed by atoms with van der Waals surface area (Å²) in [7, 11) is 0. The van der Waals surface area contributed by atoms with Gasteiger partial charge in [-0.2, -0.15) is 0 Å². The number of hydrogen-bond donors (Lipinski definition) is 2. The third kappa shape index (κ3) is 5.34. The van der Waals surface area contributed by atoms with Crippen molar-refractivity contribution in [3.8, 4) is 5.75 Å². The van der Waals surface area contributed by atoms with Crippen molar-refractivity contribution in [2.24, 2.45) is 0 Å². The first-order valence-electron chi connectivity index (χ1n) is 7.87. The van der Waals surface area contributed by atoms with E-state index in [2.05, 4.69) is 5.32 Å². The van der Waals surface area contributed by atoms with E-state index in [1.54, 1.807) is 32.9 Å². The Balaban J connectivity index is 1.94. The van der Waals surface area contributed by atoms with Gasteiger partial charge in [0.2, 0.25) is 6.10 Å². The van der Waals surface area contributed by atoms with Crippen LogP contribution in [0.25, 0.3) is 5.57 Å². The lowest BCUT2D eigenvalue weighted by atomic mass is 10.0. The number of carbonyl (C=O) groups is 3. The molecule has 0 aliphatic carbocycles. The zero-order valence-corrected chi connectivity index (χ0v) is 14.4. The number of benzene rings is 1. The topological polar surface area (TPSA) is 102 Å². The maximum atomic E-state index is 12.3. The van der Waals surface area contributed by atoms with Gasteiger partial charge in [0.05, 0.1) is 6.42 Å². The highest BCUT2D eigenvalue weighted by Crippen LogP contribution is 2.27. The monoisotopic (exact) mass is 347 g/mol. The van der Waals surface area contributed by atoms with E-state index in [9.17, 15) is 19.5 Å². The minimum atomic E-state index is -1.09. The van der Waals surface area contributed by atoms with Crippen LogP contribution >= 0.6 is 0 Å². The van der Waals surface area contributed by atoms with Gasteiger partial charge in [-0.3, -0.25) is 9.59 Å². The summed E-state index contributed by atoms with van der Waals surface area (Å²) in [6, 6.07) is 6.08. The van der Waals surface area contributed by atoms with Crippen molar-refractivity contribution >= 4 is 23.4 Å². The zero-order valence-electron chi connectivity index (χ0n) is 14.4. The summed E-state index contributed by atoms with van der Waals surface area (Å²) in [4.78, 5) is 35.5. The number of phenolic OH excluding ortho intramolecular Hbond substituents is 1. The Morgan fingerprint density at radius 2 is 1.88 bits per heavy atom. The lowest BCUT2D eigenvalue weighted by Gasteiger charge is -2.19. The number of cyclic esters (lactones) is 1. The van der Waals surface area contributed by atoms with E-state index in [1.165, 1.54) is 18.2 Å². The van der Waals surface area contributed by atoms with Gasteiger partial charge in [0.15, 0.2) is 0 Å². The number of phenols is 1. The predicted molar refractivity (Wildman–Crippen MR) is 89.4 cm³/mol. The van der Waals surface area contributed by atoms with E-state index >= 15 is 0 Å². The van der Waals surface area contributed by atoms with Gasteiger partial charge in [-0.05, 0) is 38.5 Å². The zero-order chi connectivity index (χ0) is 18.6. The van der Waals surface area contributed by atoms with E-state index in [-0.39, 0.29) is 18.7 Å². The largest absolute Gasteiger partial charge is 0.508 e. The average Bonchev–Trinajstić information content (AvgIpc) is 2.88. The van der Waals surface area contributed by atoms with Crippen LogP contribution in [-0.2, 0) is 23.9 Å². The first kappa shape index (κ1) is 18.5. The van der Waals surface area contributed by atoms with Crippen molar-refractivity contribution in [3.63, 3.8) is 0 Å². The summed E-state index contributed by atoms with van der Waals surface area (Å²) in [5, 5.41) is 11.9. The molecule has 0 saturated carbocycles. The third-order valence-corrected chi connectivity index (χ3v) is 3.28. The van der Waals surface area contributed by atoms with Crippen molar-refractivity contribution < 1.29 is 29.0 Å². The summed E-state index contributed by atoms with van der Waals surface area (Å²) in [5.41, 5.74) is 0.410. The Labute approximate surface area is 145 Å². The van der Waals surface area contributed by atoms with Crippen LogP contribution in [0.3, 0.4) is 0 Å². The number of nitrogens with one attached hydrogen (secondary N) is 1. The minimum absolute atomic E-state index is 0.0158. The molecule has 2 rings (SSSR count). The molecule has 1 heterocycles. The number of amides is 1. The molecular weight excluding hydrogens is 326 g/mol. The smallest absolute Gasteiger partial charge is 0.332 e. The molecule has 1 aromatic rings. The fourth-order valence-electron chi connectivity index (χ4n) is 2.27. The molecule has 1 aliphatic rings. The van der Waals surface area contributed by atoms with Crippen molar-refractivity contribution in [1.29, 1.82) is 0 Å². The van der Waals surface area contributed by atoms with Crippen molar-refractivity contribution in [2.45, 2.75) is 38.9 Å². The van der Waals surface area contributed by atoms with Crippen LogP contribution in [0.2, 0.25) is 0 Å². The van der Waals surface area contributed by atoms with E-state index in [1.807, 2.05) is 0 Å². The van der Waals surface area contributed by atoms with E-state index in [4.69, 9.17) is 9.47 Å². The van der Waals surface area contributed by atoms with Gasteiger partial charge in [-0.25, -0.2) is 4.79 Å². The van der Waals surface area contributed by atoms with Gasteiger partial charge in [-0.1, -0.05) is 12.1 Å². The second-order valence-corrected chi connectivity index (χ2v) is 6.59. The molecule has 1 aliphatic heterocycles. The molecular formula is C18H21NO6. The second-order valence-electron chi connectivity index (χ2n) is 6.59. The quantitative estimate of drug-likeness (QED) is 0.784. The molecule has 2 N–H and O–H groups in total. The molecule has 1 amide bonds. The number of carbonyl (C=O) groups excluding carboxylic acids is 3. The minimum Gasteiger partial charge on any atom is -0.508 e. The number of hydrogen-bond acceptors (Lipinski definition) is 6. The molecule has 0 fully saturated rings. The molecule has 1 unspecified atom stereocenters. The molecule has 7 nitrogen and oxygen atoms in total.